The second-order valence-corrected chi connectivity index (χ2v) is 10.2. The molecule has 0 fully saturated rings. The van der Waals surface area contributed by atoms with Crippen molar-refractivity contribution in [2.24, 2.45) is 5.92 Å². The number of rotatable bonds is 7. The first-order valence-electron chi connectivity index (χ1n) is 12.3. The number of esters is 2. The fourth-order valence-electron chi connectivity index (χ4n) is 4.50. The van der Waals surface area contributed by atoms with Crippen molar-refractivity contribution in [3.8, 4) is 11.4 Å². The van der Waals surface area contributed by atoms with Gasteiger partial charge in [0.15, 0.2) is 6.61 Å². The number of nitrogens with one attached hydrogen (secondary N) is 2. The average molecular weight is 518 g/mol. The normalized spacial score (nSPS) is 14.7. The number of amides is 1. The van der Waals surface area contributed by atoms with E-state index in [2.05, 4.69) is 22.2 Å². The molecule has 2 N–H and O–H groups in total. The Morgan fingerprint density at radius 2 is 1.92 bits per heavy atom. The maximum atomic E-state index is 12.7. The van der Waals surface area contributed by atoms with Crippen LogP contribution in [0.15, 0.2) is 48.5 Å². The fraction of sp³-hybridized carbons (Fsp3) is 0.286. The second-order valence-electron chi connectivity index (χ2n) is 9.08. The molecule has 1 amide bonds. The molecule has 9 heteroatoms. The van der Waals surface area contributed by atoms with E-state index in [-0.39, 0.29) is 6.61 Å². The summed E-state index contributed by atoms with van der Waals surface area (Å²) in [5.74, 6) is -0.366. The van der Waals surface area contributed by atoms with Crippen molar-refractivity contribution in [3.63, 3.8) is 0 Å². The summed E-state index contributed by atoms with van der Waals surface area (Å²) in [6.45, 7) is 3.70. The third-order valence-corrected chi connectivity index (χ3v) is 7.51. The molecule has 1 unspecified atom stereocenters. The molecular formula is C28H27N3O5S. The Balaban J connectivity index is 1.26. The largest absolute Gasteiger partial charge is 0.462 e. The highest BCUT2D eigenvalue weighted by Crippen LogP contribution is 2.40. The lowest BCUT2D eigenvalue weighted by Gasteiger charge is -2.18. The molecule has 0 saturated heterocycles. The van der Waals surface area contributed by atoms with Gasteiger partial charge in [0.25, 0.3) is 5.91 Å². The molecule has 1 aliphatic carbocycles. The predicted octanol–water partition coefficient (Wildman–Crippen LogP) is 5.39. The number of anilines is 1. The van der Waals surface area contributed by atoms with E-state index < -0.39 is 24.5 Å². The van der Waals surface area contributed by atoms with Crippen LogP contribution in [0.5, 0.6) is 0 Å². The van der Waals surface area contributed by atoms with Crippen LogP contribution in [0.3, 0.4) is 0 Å². The highest BCUT2D eigenvalue weighted by atomic mass is 32.1. The lowest BCUT2D eigenvalue weighted by molar-refractivity contribution is -0.119. The van der Waals surface area contributed by atoms with Crippen LogP contribution in [0.2, 0.25) is 0 Å². The molecule has 0 spiro atoms. The smallest absolute Gasteiger partial charge is 0.341 e. The van der Waals surface area contributed by atoms with Gasteiger partial charge in [0.05, 0.1) is 28.8 Å². The molecule has 2 aromatic heterocycles. The monoisotopic (exact) mass is 517 g/mol. The molecule has 1 atom stereocenters. The molecule has 4 aromatic rings. The number of aromatic nitrogens is 2. The highest BCUT2D eigenvalue weighted by molar-refractivity contribution is 7.17. The van der Waals surface area contributed by atoms with Gasteiger partial charge in [-0.05, 0) is 55.9 Å². The van der Waals surface area contributed by atoms with Crippen molar-refractivity contribution in [2.45, 2.75) is 33.1 Å². The van der Waals surface area contributed by atoms with Crippen LogP contribution in [0, 0.1) is 5.92 Å². The first-order valence-corrected chi connectivity index (χ1v) is 13.1. The van der Waals surface area contributed by atoms with Crippen LogP contribution in [0.4, 0.5) is 5.00 Å². The van der Waals surface area contributed by atoms with Gasteiger partial charge in [0.2, 0.25) is 0 Å². The van der Waals surface area contributed by atoms with E-state index in [0.717, 1.165) is 40.8 Å². The van der Waals surface area contributed by atoms with E-state index in [4.69, 9.17) is 9.47 Å². The van der Waals surface area contributed by atoms with E-state index in [1.165, 1.54) is 11.3 Å². The van der Waals surface area contributed by atoms with E-state index in [1.54, 1.807) is 25.1 Å². The van der Waals surface area contributed by atoms with Crippen molar-refractivity contribution in [3.05, 3.63) is 70.1 Å². The molecule has 8 nitrogen and oxygen atoms in total. The molecule has 0 radical (unpaired) electrons. The minimum Gasteiger partial charge on any atom is -0.462 e. The van der Waals surface area contributed by atoms with Crippen molar-refractivity contribution in [1.29, 1.82) is 0 Å². The number of H-pyrrole nitrogens is 1. The number of ether oxygens (including phenoxy) is 2. The molecule has 2 heterocycles. The van der Waals surface area contributed by atoms with E-state index >= 15 is 0 Å². The Hall–Kier alpha value is -3.98. The molecule has 0 saturated carbocycles. The van der Waals surface area contributed by atoms with Crippen molar-refractivity contribution in [2.75, 3.05) is 18.5 Å². The number of thiophene rings is 1. The Bertz CT molecular complexity index is 1470. The molecule has 5 rings (SSSR count). The summed E-state index contributed by atoms with van der Waals surface area (Å²) >= 11 is 1.40. The van der Waals surface area contributed by atoms with Gasteiger partial charge in [-0.2, -0.15) is 0 Å². The molecule has 190 valence electrons. The molecule has 0 aliphatic heterocycles. The Kier molecular flexibility index (Phi) is 7.05. The van der Waals surface area contributed by atoms with Gasteiger partial charge in [0, 0.05) is 10.4 Å². The van der Waals surface area contributed by atoms with Crippen LogP contribution in [0.25, 0.3) is 22.4 Å². The summed E-state index contributed by atoms with van der Waals surface area (Å²) in [5.41, 5.74) is 4.03. The molecule has 37 heavy (non-hydrogen) atoms. The maximum Gasteiger partial charge on any atom is 0.341 e. The molecule has 2 aromatic carbocycles. The van der Waals surface area contributed by atoms with Gasteiger partial charge in [-0.3, -0.25) is 4.79 Å². The minimum absolute atomic E-state index is 0.248. The van der Waals surface area contributed by atoms with Crippen molar-refractivity contribution >= 4 is 45.2 Å². The number of fused-ring (bicyclic) bond motifs is 2. The molecule has 0 bridgehead atoms. The zero-order valence-electron chi connectivity index (χ0n) is 20.6. The topological polar surface area (TPSA) is 110 Å². The van der Waals surface area contributed by atoms with E-state index in [0.29, 0.717) is 33.4 Å². The number of carbonyl (C=O) groups excluding carboxylic acids is 3. The van der Waals surface area contributed by atoms with Crippen LogP contribution < -0.4 is 5.32 Å². The van der Waals surface area contributed by atoms with Gasteiger partial charge in [-0.15, -0.1) is 11.3 Å². The summed E-state index contributed by atoms with van der Waals surface area (Å²) in [6, 6.07) is 14.7. The third-order valence-electron chi connectivity index (χ3n) is 6.34. The van der Waals surface area contributed by atoms with Crippen LogP contribution in [-0.2, 0) is 27.1 Å². The Labute approximate surface area is 218 Å². The fourth-order valence-corrected chi connectivity index (χ4v) is 5.92. The van der Waals surface area contributed by atoms with Crippen LogP contribution in [0.1, 0.15) is 51.4 Å². The highest BCUT2D eigenvalue weighted by Gasteiger charge is 2.29. The van der Waals surface area contributed by atoms with E-state index in [9.17, 15) is 14.4 Å². The first-order chi connectivity index (χ1) is 17.9. The summed E-state index contributed by atoms with van der Waals surface area (Å²) in [6.07, 6.45) is 2.61. The predicted molar refractivity (Wildman–Crippen MR) is 142 cm³/mol. The first kappa shape index (κ1) is 24.7. The number of nitrogens with zero attached hydrogens (tertiary/aromatic N) is 1. The lowest BCUT2D eigenvalue weighted by atomic mass is 9.88. The second kappa shape index (κ2) is 10.6. The maximum absolute atomic E-state index is 12.7. The number of benzene rings is 2. The number of hydrogen-bond donors (Lipinski definition) is 2. The Morgan fingerprint density at radius 1 is 1.11 bits per heavy atom. The summed E-state index contributed by atoms with van der Waals surface area (Å²) in [5, 5.41) is 3.22. The SMILES string of the molecule is CCOC(=O)c1c(NC(=O)COC(=O)c2ccc3nc(-c4ccccc4)[nH]c3c2)sc2c1CCC(C)C2. The van der Waals surface area contributed by atoms with Crippen molar-refractivity contribution < 1.29 is 23.9 Å². The van der Waals surface area contributed by atoms with Gasteiger partial charge >= 0.3 is 11.9 Å². The van der Waals surface area contributed by atoms with Gasteiger partial charge in [-0.1, -0.05) is 37.3 Å². The van der Waals surface area contributed by atoms with Crippen LogP contribution >= 0.6 is 11.3 Å². The third kappa shape index (κ3) is 5.27. The average Bonchev–Trinajstić information content (AvgIpc) is 3.48. The summed E-state index contributed by atoms with van der Waals surface area (Å²) in [4.78, 5) is 46.9. The van der Waals surface area contributed by atoms with Gasteiger partial charge < -0.3 is 19.8 Å². The van der Waals surface area contributed by atoms with Crippen molar-refractivity contribution in [1.82, 2.24) is 9.97 Å². The lowest BCUT2D eigenvalue weighted by Crippen LogP contribution is -2.22. The number of aromatic amines is 1. The summed E-state index contributed by atoms with van der Waals surface area (Å²) in [7, 11) is 0. The van der Waals surface area contributed by atoms with Gasteiger partial charge in [0.1, 0.15) is 10.8 Å². The number of hydrogen-bond acceptors (Lipinski definition) is 7. The molecular weight excluding hydrogens is 490 g/mol. The number of carbonyl (C=O) groups is 3. The standard InChI is InChI=1S/C28H27N3O5S/c1-3-35-28(34)24-19-11-9-16(2)13-22(19)37-26(24)31-23(32)15-36-27(33)18-10-12-20-21(14-18)30-25(29-20)17-7-5-4-6-8-17/h4-8,10,12,14,16H,3,9,11,13,15H2,1-2H3,(H,29,30)(H,31,32). The van der Waals surface area contributed by atoms with E-state index in [1.807, 2.05) is 30.3 Å². The molecule has 1 aliphatic rings. The van der Waals surface area contributed by atoms with Crippen LogP contribution in [-0.4, -0.2) is 41.0 Å². The van der Waals surface area contributed by atoms with Gasteiger partial charge in [-0.25, -0.2) is 14.6 Å². The quantitative estimate of drug-likeness (QED) is 0.318. The Morgan fingerprint density at radius 3 is 2.70 bits per heavy atom. The zero-order valence-corrected chi connectivity index (χ0v) is 21.4. The summed E-state index contributed by atoms with van der Waals surface area (Å²) < 4.78 is 10.5. The zero-order chi connectivity index (χ0) is 25.9. The number of imidazole rings is 1. The minimum atomic E-state index is -0.627.